The summed E-state index contributed by atoms with van der Waals surface area (Å²) in [6, 6.07) is 2.81. The third-order valence-corrected chi connectivity index (χ3v) is 1.51. The molecule has 0 unspecified atom stereocenters. The lowest BCUT2D eigenvalue weighted by Gasteiger charge is -1.88. The number of aromatic nitrogens is 4. The van der Waals surface area contributed by atoms with Crippen molar-refractivity contribution in [3.05, 3.63) is 18.9 Å². The molecule has 2 heterocycles. The molecule has 0 saturated carbocycles. The Morgan fingerprint density at radius 2 is 2.38 bits per heavy atom. The zero-order valence-electron chi connectivity index (χ0n) is 6.81. The number of hydrogen-bond acceptors (Lipinski definition) is 4. The highest BCUT2D eigenvalue weighted by atomic mass is 15.1. The van der Waals surface area contributed by atoms with Gasteiger partial charge < -0.3 is 5.73 Å². The number of nitrogens with two attached hydrogens (primary N) is 1. The summed E-state index contributed by atoms with van der Waals surface area (Å²) in [4.78, 5) is 12.0. The average Bonchev–Trinajstić information content (AvgIpc) is 2.58. The number of hydrogen-bond donors (Lipinski definition) is 1. The Morgan fingerprint density at radius 3 is 3.23 bits per heavy atom. The quantitative estimate of drug-likeness (QED) is 0.550. The Labute approximate surface area is 74.6 Å². The van der Waals surface area contributed by atoms with Gasteiger partial charge in [0.05, 0.1) is 12.7 Å². The highest BCUT2D eigenvalue weighted by Gasteiger charge is 1.99. The summed E-state index contributed by atoms with van der Waals surface area (Å²) >= 11 is 0. The fraction of sp³-hybridized carbons (Fsp3) is 0.125. The Balaban J connectivity index is 2.58. The van der Waals surface area contributed by atoms with Crippen LogP contribution in [0.2, 0.25) is 0 Å². The molecule has 0 aromatic carbocycles. The van der Waals surface area contributed by atoms with Crippen LogP contribution in [-0.4, -0.2) is 26.1 Å². The van der Waals surface area contributed by atoms with Crippen molar-refractivity contribution in [1.82, 2.24) is 19.5 Å². The van der Waals surface area contributed by atoms with Gasteiger partial charge in [-0.3, -0.25) is 0 Å². The van der Waals surface area contributed by atoms with Gasteiger partial charge in [-0.15, -0.1) is 0 Å². The molecule has 0 radical (unpaired) electrons. The minimum Gasteiger partial charge on any atom is -0.320 e. The summed E-state index contributed by atoms with van der Waals surface area (Å²) in [5.41, 5.74) is 6.68. The van der Waals surface area contributed by atoms with Crippen molar-refractivity contribution in [2.45, 2.75) is 0 Å². The molecule has 5 heteroatoms. The van der Waals surface area contributed by atoms with Crippen molar-refractivity contribution in [1.29, 1.82) is 0 Å². The number of nitrogens with zero attached hydrogens (tertiary/aromatic N) is 4. The zero-order valence-corrected chi connectivity index (χ0v) is 6.81. The maximum Gasteiger partial charge on any atom is 0.175 e. The molecular formula is C8H7N5. The van der Waals surface area contributed by atoms with Crippen molar-refractivity contribution in [3.8, 4) is 12.0 Å². The SMILES string of the molecule is NCC#Cn1cnc2cncnc21. The van der Waals surface area contributed by atoms with Crippen molar-refractivity contribution in [3.63, 3.8) is 0 Å². The van der Waals surface area contributed by atoms with Crippen LogP contribution in [0.1, 0.15) is 0 Å². The van der Waals surface area contributed by atoms with Crippen LogP contribution in [-0.2, 0) is 0 Å². The number of imidazole rings is 1. The third-order valence-electron chi connectivity index (χ3n) is 1.51. The van der Waals surface area contributed by atoms with Crippen molar-refractivity contribution in [2.24, 2.45) is 5.73 Å². The molecule has 13 heavy (non-hydrogen) atoms. The smallest absolute Gasteiger partial charge is 0.175 e. The van der Waals surface area contributed by atoms with E-state index in [9.17, 15) is 0 Å². The van der Waals surface area contributed by atoms with Gasteiger partial charge in [-0.05, 0) is 0 Å². The predicted molar refractivity (Wildman–Crippen MR) is 47.6 cm³/mol. The van der Waals surface area contributed by atoms with Gasteiger partial charge in [0.2, 0.25) is 0 Å². The normalized spacial score (nSPS) is 9.62. The van der Waals surface area contributed by atoms with Crippen LogP contribution in [0, 0.1) is 12.0 Å². The Bertz CT molecular complexity index is 476. The summed E-state index contributed by atoms with van der Waals surface area (Å²) in [5, 5.41) is 0. The van der Waals surface area contributed by atoms with E-state index in [4.69, 9.17) is 5.73 Å². The van der Waals surface area contributed by atoms with Crippen LogP contribution in [0.15, 0.2) is 18.9 Å². The van der Waals surface area contributed by atoms with E-state index < -0.39 is 0 Å². The third kappa shape index (κ3) is 1.35. The second kappa shape index (κ2) is 3.21. The lowest BCUT2D eigenvalue weighted by atomic mass is 10.5. The molecule has 0 aliphatic heterocycles. The zero-order chi connectivity index (χ0) is 9.10. The molecule has 0 spiro atoms. The van der Waals surface area contributed by atoms with Crippen molar-refractivity contribution < 1.29 is 0 Å². The second-order valence-electron chi connectivity index (χ2n) is 2.34. The molecule has 0 aliphatic rings. The summed E-state index contributed by atoms with van der Waals surface area (Å²) in [6.07, 6.45) is 4.70. The fourth-order valence-corrected chi connectivity index (χ4v) is 0.980. The van der Waals surface area contributed by atoms with E-state index in [0.717, 1.165) is 5.52 Å². The highest BCUT2D eigenvalue weighted by molar-refractivity contribution is 5.69. The van der Waals surface area contributed by atoms with Gasteiger partial charge in [-0.1, -0.05) is 5.92 Å². The van der Waals surface area contributed by atoms with Crippen LogP contribution in [0.25, 0.3) is 11.2 Å². The molecule has 64 valence electrons. The highest BCUT2D eigenvalue weighted by Crippen LogP contribution is 2.04. The molecule has 2 aromatic rings. The number of rotatable bonds is 0. The van der Waals surface area contributed by atoms with Gasteiger partial charge in [0.15, 0.2) is 5.65 Å². The Hall–Kier alpha value is -1.93. The minimum absolute atomic E-state index is 0.324. The van der Waals surface area contributed by atoms with Gasteiger partial charge >= 0.3 is 0 Å². The van der Waals surface area contributed by atoms with Gasteiger partial charge in [-0.25, -0.2) is 19.5 Å². The van der Waals surface area contributed by atoms with Gasteiger partial charge in [0.1, 0.15) is 18.2 Å². The lowest BCUT2D eigenvalue weighted by molar-refractivity contribution is 1.10. The van der Waals surface area contributed by atoms with Crippen LogP contribution in [0.5, 0.6) is 0 Å². The maximum atomic E-state index is 5.25. The first kappa shape index (κ1) is 7.71. The monoisotopic (exact) mass is 173 g/mol. The molecule has 0 amide bonds. The summed E-state index contributed by atoms with van der Waals surface area (Å²) in [7, 11) is 0. The first-order valence-corrected chi connectivity index (χ1v) is 3.74. The van der Waals surface area contributed by atoms with Crippen LogP contribution >= 0.6 is 0 Å². The standard InChI is InChI=1S/C8H7N5/c9-2-1-3-13-6-12-7-4-10-5-11-8(7)13/h4-6H,2,9H2. The van der Waals surface area contributed by atoms with Gasteiger partial charge in [-0.2, -0.15) is 0 Å². The van der Waals surface area contributed by atoms with Crippen LogP contribution < -0.4 is 5.73 Å². The van der Waals surface area contributed by atoms with E-state index in [1.165, 1.54) is 6.33 Å². The molecule has 2 aromatic heterocycles. The van der Waals surface area contributed by atoms with Crippen molar-refractivity contribution in [2.75, 3.05) is 6.54 Å². The minimum atomic E-state index is 0.324. The predicted octanol–water partition coefficient (Wildman–Crippen LogP) is -0.406. The molecule has 0 aliphatic carbocycles. The van der Waals surface area contributed by atoms with E-state index in [2.05, 4.69) is 26.9 Å². The summed E-state index contributed by atoms with van der Waals surface area (Å²) in [5.74, 6) is 2.73. The molecule has 2 N–H and O–H groups in total. The van der Waals surface area contributed by atoms with E-state index in [1.807, 2.05) is 0 Å². The van der Waals surface area contributed by atoms with Crippen LogP contribution in [0.4, 0.5) is 0 Å². The van der Waals surface area contributed by atoms with E-state index >= 15 is 0 Å². The second-order valence-corrected chi connectivity index (χ2v) is 2.34. The molecule has 2 rings (SSSR count). The largest absolute Gasteiger partial charge is 0.320 e. The Morgan fingerprint density at radius 1 is 1.46 bits per heavy atom. The van der Waals surface area contributed by atoms with E-state index in [-0.39, 0.29) is 0 Å². The summed E-state index contributed by atoms with van der Waals surface area (Å²) < 4.78 is 1.63. The van der Waals surface area contributed by atoms with Crippen LogP contribution in [0.3, 0.4) is 0 Å². The van der Waals surface area contributed by atoms with Gasteiger partial charge in [0, 0.05) is 6.04 Å². The first-order valence-electron chi connectivity index (χ1n) is 3.74. The molecule has 0 fully saturated rings. The molecule has 0 bridgehead atoms. The fourth-order valence-electron chi connectivity index (χ4n) is 0.980. The van der Waals surface area contributed by atoms with Gasteiger partial charge in [0.25, 0.3) is 0 Å². The first-order chi connectivity index (χ1) is 6.42. The molecular weight excluding hydrogens is 166 g/mol. The van der Waals surface area contributed by atoms with Crippen molar-refractivity contribution >= 4 is 11.2 Å². The number of fused-ring (bicyclic) bond motifs is 1. The maximum absolute atomic E-state index is 5.25. The topological polar surface area (TPSA) is 69.6 Å². The van der Waals surface area contributed by atoms with E-state index in [1.54, 1.807) is 17.1 Å². The van der Waals surface area contributed by atoms with E-state index in [0.29, 0.717) is 12.2 Å². The average molecular weight is 173 g/mol. The summed E-state index contributed by atoms with van der Waals surface area (Å²) in [6.45, 7) is 0.324. The lowest BCUT2D eigenvalue weighted by Crippen LogP contribution is -1.95. The molecule has 5 nitrogen and oxygen atoms in total. The molecule has 0 saturated heterocycles. The molecule has 0 atom stereocenters. The Kier molecular flexibility index (Phi) is 1.90.